The summed E-state index contributed by atoms with van der Waals surface area (Å²) >= 11 is 1.61. The third-order valence-electron chi connectivity index (χ3n) is 4.30. The molecule has 2 fully saturated rings. The second kappa shape index (κ2) is 6.34. The first-order valence-corrected chi connectivity index (χ1v) is 9.79. The molecule has 5 nitrogen and oxygen atoms in total. The van der Waals surface area contributed by atoms with Gasteiger partial charge in [-0.1, -0.05) is 6.07 Å². The van der Waals surface area contributed by atoms with E-state index in [-0.39, 0.29) is 18.6 Å². The van der Waals surface area contributed by atoms with Gasteiger partial charge in [-0.3, -0.25) is 0 Å². The van der Waals surface area contributed by atoms with E-state index < -0.39 is 10.2 Å². The van der Waals surface area contributed by atoms with Crippen LogP contribution in [0.2, 0.25) is 0 Å². The molecule has 0 atom stereocenters. The van der Waals surface area contributed by atoms with E-state index in [0.717, 1.165) is 30.6 Å². The Kier molecular flexibility index (Phi) is 4.66. The molecule has 1 aliphatic heterocycles. The second-order valence-corrected chi connectivity index (χ2v) is 8.80. The van der Waals surface area contributed by atoms with Crippen molar-refractivity contribution in [1.29, 1.82) is 0 Å². The smallest absolute Gasteiger partial charge is 0.282 e. The molecular formula is C14H22N2O3S2. The first kappa shape index (κ1) is 15.4. The van der Waals surface area contributed by atoms with E-state index in [1.165, 1.54) is 0 Å². The Morgan fingerprint density at radius 3 is 2.52 bits per heavy atom. The third kappa shape index (κ3) is 3.48. The van der Waals surface area contributed by atoms with Gasteiger partial charge in [0.1, 0.15) is 0 Å². The number of aliphatic hydroxyl groups excluding tert-OH is 1. The zero-order valence-electron chi connectivity index (χ0n) is 12.0. The Labute approximate surface area is 130 Å². The fourth-order valence-corrected chi connectivity index (χ4v) is 5.43. The van der Waals surface area contributed by atoms with Gasteiger partial charge in [0.2, 0.25) is 0 Å². The number of hydrogen-bond donors (Lipinski definition) is 1. The molecular weight excluding hydrogens is 308 g/mol. The van der Waals surface area contributed by atoms with Crippen LogP contribution in [0.5, 0.6) is 0 Å². The van der Waals surface area contributed by atoms with Crippen LogP contribution >= 0.6 is 11.3 Å². The van der Waals surface area contributed by atoms with Gasteiger partial charge in [0.15, 0.2) is 0 Å². The van der Waals surface area contributed by atoms with E-state index in [1.807, 2.05) is 17.5 Å². The van der Waals surface area contributed by atoms with E-state index in [0.29, 0.717) is 19.6 Å². The van der Waals surface area contributed by atoms with Crippen molar-refractivity contribution in [1.82, 2.24) is 8.61 Å². The van der Waals surface area contributed by atoms with Crippen LogP contribution < -0.4 is 0 Å². The first-order valence-electron chi connectivity index (χ1n) is 7.51. The van der Waals surface area contributed by atoms with Crippen molar-refractivity contribution >= 4 is 21.5 Å². The van der Waals surface area contributed by atoms with Crippen LogP contribution in [0, 0.1) is 5.92 Å². The van der Waals surface area contributed by atoms with Crippen molar-refractivity contribution in [3.05, 3.63) is 22.4 Å². The minimum Gasteiger partial charge on any atom is -0.396 e. The highest BCUT2D eigenvalue weighted by Crippen LogP contribution is 2.34. The fourth-order valence-electron chi connectivity index (χ4n) is 2.79. The molecule has 1 saturated carbocycles. The highest BCUT2D eigenvalue weighted by Gasteiger charge is 2.41. The molecule has 2 aliphatic rings. The largest absolute Gasteiger partial charge is 0.396 e. The monoisotopic (exact) mass is 330 g/mol. The molecule has 1 aliphatic carbocycles. The van der Waals surface area contributed by atoms with Crippen molar-refractivity contribution < 1.29 is 13.5 Å². The van der Waals surface area contributed by atoms with Gasteiger partial charge in [-0.05, 0) is 43.0 Å². The van der Waals surface area contributed by atoms with Crippen LogP contribution in [0.25, 0.3) is 0 Å². The number of hydrogen-bond acceptors (Lipinski definition) is 4. The standard InChI is InChI=1S/C14H22N2O3S2/c17-11-12-5-7-15(8-6-12)21(18,19)16(13-3-4-13)10-14-2-1-9-20-14/h1-2,9,12-13,17H,3-8,10-11H2. The molecule has 2 heterocycles. The minimum absolute atomic E-state index is 0.162. The van der Waals surface area contributed by atoms with Gasteiger partial charge in [0.05, 0.1) is 0 Å². The molecule has 1 saturated heterocycles. The van der Waals surface area contributed by atoms with Gasteiger partial charge in [-0.25, -0.2) is 0 Å². The van der Waals surface area contributed by atoms with Crippen molar-refractivity contribution in [2.45, 2.75) is 38.3 Å². The van der Waals surface area contributed by atoms with Gasteiger partial charge in [-0.2, -0.15) is 17.0 Å². The fraction of sp³-hybridized carbons (Fsp3) is 0.714. The Morgan fingerprint density at radius 2 is 2.00 bits per heavy atom. The molecule has 1 aromatic heterocycles. The maximum Gasteiger partial charge on any atom is 0.282 e. The molecule has 0 unspecified atom stereocenters. The van der Waals surface area contributed by atoms with Crippen molar-refractivity contribution in [2.24, 2.45) is 5.92 Å². The van der Waals surface area contributed by atoms with Gasteiger partial charge in [0, 0.05) is 37.2 Å². The Balaban J connectivity index is 1.72. The van der Waals surface area contributed by atoms with E-state index in [4.69, 9.17) is 0 Å². The Bertz CT molecular complexity index is 547. The second-order valence-electron chi connectivity index (χ2n) is 5.89. The molecule has 118 valence electrons. The quantitative estimate of drug-likeness (QED) is 0.863. The normalized spacial score (nSPS) is 22.0. The van der Waals surface area contributed by atoms with Crippen LogP contribution in [0.15, 0.2) is 17.5 Å². The highest BCUT2D eigenvalue weighted by atomic mass is 32.2. The molecule has 1 N–H and O–H groups in total. The lowest BCUT2D eigenvalue weighted by atomic mass is 10.00. The van der Waals surface area contributed by atoms with E-state index in [1.54, 1.807) is 19.9 Å². The van der Waals surface area contributed by atoms with Crippen LogP contribution in [-0.2, 0) is 16.8 Å². The van der Waals surface area contributed by atoms with Crippen LogP contribution in [-0.4, -0.2) is 47.9 Å². The summed E-state index contributed by atoms with van der Waals surface area (Å²) in [5, 5.41) is 11.2. The van der Waals surface area contributed by atoms with Gasteiger partial charge >= 0.3 is 0 Å². The topological polar surface area (TPSA) is 60.9 Å². The van der Waals surface area contributed by atoms with E-state index in [2.05, 4.69) is 0 Å². The molecule has 0 radical (unpaired) electrons. The highest BCUT2D eigenvalue weighted by molar-refractivity contribution is 7.86. The summed E-state index contributed by atoms with van der Waals surface area (Å²) < 4.78 is 29.0. The summed E-state index contributed by atoms with van der Waals surface area (Å²) in [6.07, 6.45) is 3.45. The number of rotatable bonds is 6. The molecule has 3 rings (SSSR count). The molecule has 0 aromatic carbocycles. The zero-order chi connectivity index (χ0) is 14.9. The molecule has 1 aromatic rings. The van der Waals surface area contributed by atoms with E-state index >= 15 is 0 Å². The average Bonchev–Trinajstić information content (AvgIpc) is 3.20. The molecule has 0 bridgehead atoms. The predicted octanol–water partition coefficient (Wildman–Crippen LogP) is 1.66. The zero-order valence-corrected chi connectivity index (χ0v) is 13.7. The van der Waals surface area contributed by atoms with Crippen LogP contribution in [0.1, 0.15) is 30.6 Å². The van der Waals surface area contributed by atoms with Gasteiger partial charge < -0.3 is 5.11 Å². The molecule has 0 spiro atoms. The number of thiophene rings is 1. The molecule has 7 heteroatoms. The average molecular weight is 330 g/mol. The SMILES string of the molecule is O=S(=O)(N1CCC(CO)CC1)N(Cc1cccs1)C1CC1. The predicted molar refractivity (Wildman–Crippen MR) is 83.2 cm³/mol. The summed E-state index contributed by atoms with van der Waals surface area (Å²) in [4.78, 5) is 1.09. The number of piperidine rings is 1. The number of aliphatic hydroxyl groups is 1. The Hall–Kier alpha value is -0.470. The lowest BCUT2D eigenvalue weighted by molar-refractivity contribution is 0.165. The van der Waals surface area contributed by atoms with Crippen LogP contribution in [0.4, 0.5) is 0 Å². The summed E-state index contributed by atoms with van der Waals surface area (Å²) in [7, 11) is -3.38. The third-order valence-corrected chi connectivity index (χ3v) is 7.20. The number of nitrogens with zero attached hydrogens (tertiary/aromatic N) is 2. The summed E-state index contributed by atoms with van der Waals surface area (Å²) in [6, 6.07) is 4.13. The van der Waals surface area contributed by atoms with Crippen molar-refractivity contribution in [3.8, 4) is 0 Å². The van der Waals surface area contributed by atoms with Gasteiger partial charge in [-0.15, -0.1) is 11.3 Å². The lowest BCUT2D eigenvalue weighted by Crippen LogP contribution is -2.47. The first-order chi connectivity index (χ1) is 10.1. The summed E-state index contributed by atoms with van der Waals surface area (Å²) in [5.41, 5.74) is 0. The maximum absolute atomic E-state index is 12.9. The summed E-state index contributed by atoms with van der Waals surface area (Å²) in [6.45, 7) is 1.71. The lowest BCUT2D eigenvalue weighted by Gasteiger charge is -2.34. The van der Waals surface area contributed by atoms with Gasteiger partial charge in [0.25, 0.3) is 10.2 Å². The van der Waals surface area contributed by atoms with E-state index in [9.17, 15) is 13.5 Å². The van der Waals surface area contributed by atoms with Crippen molar-refractivity contribution in [3.63, 3.8) is 0 Å². The molecule has 21 heavy (non-hydrogen) atoms. The Morgan fingerprint density at radius 1 is 1.29 bits per heavy atom. The molecule has 0 amide bonds. The maximum atomic E-state index is 12.9. The van der Waals surface area contributed by atoms with Crippen molar-refractivity contribution in [2.75, 3.05) is 19.7 Å². The minimum atomic E-state index is -3.38. The summed E-state index contributed by atoms with van der Waals surface area (Å²) in [5.74, 6) is 0.253. The van der Waals surface area contributed by atoms with Crippen LogP contribution in [0.3, 0.4) is 0 Å².